The van der Waals surface area contributed by atoms with Gasteiger partial charge in [0, 0.05) is 16.8 Å². The molecule has 1 heterocycles. The summed E-state index contributed by atoms with van der Waals surface area (Å²) in [5.74, 6) is -0.00738. The summed E-state index contributed by atoms with van der Waals surface area (Å²) in [5.41, 5.74) is 0.398. The van der Waals surface area contributed by atoms with Crippen LogP contribution in [0.25, 0.3) is 0 Å². The number of halogens is 2. The van der Waals surface area contributed by atoms with E-state index >= 15 is 0 Å². The Bertz CT molecular complexity index is 1020. The molecule has 0 radical (unpaired) electrons. The number of rotatable bonds is 4. The van der Waals surface area contributed by atoms with E-state index in [9.17, 15) is 12.8 Å². The first kappa shape index (κ1) is 18.0. The molecule has 132 valence electrons. The van der Waals surface area contributed by atoms with E-state index < -0.39 is 15.8 Å². The maximum Gasteiger partial charge on any atom is 0.284 e. The molecule has 0 aliphatic carbocycles. The second-order valence-corrected chi connectivity index (χ2v) is 7.26. The van der Waals surface area contributed by atoms with Crippen molar-refractivity contribution in [3.8, 4) is 0 Å². The zero-order valence-corrected chi connectivity index (χ0v) is 14.9. The molecule has 2 aromatic carbocycles. The number of pyridine rings is 1. The van der Waals surface area contributed by atoms with Crippen LogP contribution in [-0.4, -0.2) is 19.2 Å². The number of nitrogens with zero attached hydrogens (tertiary/aromatic N) is 2. The largest absolute Gasteiger partial charge is 0.324 e. The van der Waals surface area contributed by atoms with Crippen LogP contribution in [0.2, 0.25) is 5.02 Å². The summed E-state index contributed by atoms with van der Waals surface area (Å²) in [6.07, 6.45) is 1.55. The molecule has 0 saturated carbocycles. The van der Waals surface area contributed by atoms with Crippen molar-refractivity contribution in [2.75, 3.05) is 5.32 Å². The van der Waals surface area contributed by atoms with Crippen molar-refractivity contribution in [2.24, 2.45) is 4.40 Å². The Kier molecular flexibility index (Phi) is 5.29. The van der Waals surface area contributed by atoms with Crippen LogP contribution in [-0.2, 0) is 10.0 Å². The van der Waals surface area contributed by atoms with Gasteiger partial charge in [-0.1, -0.05) is 17.7 Å². The molecule has 8 heteroatoms. The highest BCUT2D eigenvalue weighted by molar-refractivity contribution is 7.90. The Morgan fingerprint density at radius 2 is 1.69 bits per heavy atom. The summed E-state index contributed by atoms with van der Waals surface area (Å²) in [6, 6.07) is 16.1. The lowest BCUT2D eigenvalue weighted by molar-refractivity contribution is 0.598. The fourth-order valence-electron chi connectivity index (χ4n) is 2.09. The third kappa shape index (κ3) is 4.44. The standard InChI is InChI=1S/C18H13ClFN3O2S/c19-14-6-10-16(11-7-14)26(24,25)23-18(13-4-8-15(20)9-5-13)22-17-3-1-2-12-21-17/h1-12H,(H,21,22,23). The number of benzene rings is 2. The van der Waals surface area contributed by atoms with Gasteiger partial charge >= 0.3 is 0 Å². The Balaban J connectivity index is 2.05. The number of hydrogen-bond donors (Lipinski definition) is 1. The van der Waals surface area contributed by atoms with E-state index in [4.69, 9.17) is 11.6 Å². The zero-order chi connectivity index (χ0) is 18.6. The van der Waals surface area contributed by atoms with E-state index in [-0.39, 0.29) is 10.7 Å². The van der Waals surface area contributed by atoms with E-state index in [1.54, 1.807) is 24.4 Å². The summed E-state index contributed by atoms with van der Waals surface area (Å²) in [5, 5.41) is 3.28. The first-order valence-corrected chi connectivity index (χ1v) is 9.30. The van der Waals surface area contributed by atoms with E-state index in [0.29, 0.717) is 16.4 Å². The van der Waals surface area contributed by atoms with Gasteiger partial charge in [-0.05, 0) is 60.7 Å². The predicted molar refractivity (Wildman–Crippen MR) is 99.4 cm³/mol. The maximum absolute atomic E-state index is 13.2. The van der Waals surface area contributed by atoms with Crippen molar-refractivity contribution in [3.63, 3.8) is 0 Å². The van der Waals surface area contributed by atoms with Crippen LogP contribution in [0.3, 0.4) is 0 Å². The van der Waals surface area contributed by atoms with Crippen molar-refractivity contribution in [3.05, 3.63) is 89.3 Å². The molecule has 5 nitrogen and oxygen atoms in total. The van der Waals surface area contributed by atoms with Crippen molar-refractivity contribution in [1.29, 1.82) is 0 Å². The summed E-state index contributed by atoms with van der Waals surface area (Å²) in [4.78, 5) is 4.09. The topological polar surface area (TPSA) is 71.4 Å². The molecule has 3 rings (SSSR count). The smallest absolute Gasteiger partial charge is 0.284 e. The van der Waals surface area contributed by atoms with E-state index in [2.05, 4.69) is 14.7 Å². The maximum atomic E-state index is 13.2. The van der Waals surface area contributed by atoms with Crippen molar-refractivity contribution < 1.29 is 12.8 Å². The summed E-state index contributed by atoms with van der Waals surface area (Å²) >= 11 is 5.80. The van der Waals surface area contributed by atoms with Crippen LogP contribution >= 0.6 is 11.6 Å². The molecular formula is C18H13ClFN3O2S. The van der Waals surface area contributed by atoms with E-state index in [1.807, 2.05) is 0 Å². The number of amidine groups is 1. The van der Waals surface area contributed by atoms with Crippen molar-refractivity contribution >= 4 is 33.3 Å². The molecular weight excluding hydrogens is 377 g/mol. The summed E-state index contributed by atoms with van der Waals surface area (Å²) < 4.78 is 42.3. The van der Waals surface area contributed by atoms with Crippen LogP contribution in [0.15, 0.2) is 82.2 Å². The highest BCUT2D eigenvalue weighted by Gasteiger charge is 2.16. The molecule has 0 amide bonds. The van der Waals surface area contributed by atoms with Crippen molar-refractivity contribution in [2.45, 2.75) is 4.90 Å². The first-order chi connectivity index (χ1) is 12.4. The van der Waals surface area contributed by atoms with Crippen LogP contribution in [0.4, 0.5) is 10.2 Å². The highest BCUT2D eigenvalue weighted by Crippen LogP contribution is 2.18. The molecule has 26 heavy (non-hydrogen) atoms. The SMILES string of the molecule is O=S(=O)(N=C(Nc1ccccn1)c1ccc(F)cc1)c1ccc(Cl)cc1. The van der Waals surface area contributed by atoms with Crippen LogP contribution in [0, 0.1) is 5.82 Å². The lowest BCUT2D eigenvalue weighted by Crippen LogP contribution is -2.17. The monoisotopic (exact) mass is 389 g/mol. The molecule has 3 aromatic rings. The Labute approximate surface area is 155 Å². The number of sulfonamides is 1. The first-order valence-electron chi connectivity index (χ1n) is 7.48. The normalized spacial score (nSPS) is 12.0. The van der Waals surface area contributed by atoms with Gasteiger partial charge in [0.15, 0.2) is 5.84 Å². The van der Waals surface area contributed by atoms with Crippen LogP contribution in [0.5, 0.6) is 0 Å². The number of nitrogens with one attached hydrogen (secondary N) is 1. The van der Waals surface area contributed by atoms with Crippen LogP contribution in [0.1, 0.15) is 5.56 Å². The molecule has 1 aromatic heterocycles. The number of aromatic nitrogens is 1. The average Bonchev–Trinajstić information content (AvgIpc) is 2.63. The Hall–Kier alpha value is -2.77. The van der Waals surface area contributed by atoms with Gasteiger partial charge < -0.3 is 5.32 Å². The third-order valence-corrected chi connectivity index (χ3v) is 4.89. The highest BCUT2D eigenvalue weighted by atomic mass is 35.5. The Morgan fingerprint density at radius 1 is 1.00 bits per heavy atom. The third-order valence-electron chi connectivity index (χ3n) is 3.35. The fraction of sp³-hybridized carbons (Fsp3) is 0. The van der Waals surface area contributed by atoms with Gasteiger partial charge in [-0.3, -0.25) is 0 Å². The van der Waals surface area contributed by atoms with Gasteiger partial charge in [0.25, 0.3) is 10.0 Å². The van der Waals surface area contributed by atoms with Gasteiger partial charge in [0.2, 0.25) is 0 Å². The molecule has 0 unspecified atom stereocenters. The molecule has 0 spiro atoms. The molecule has 0 aliphatic heterocycles. The van der Waals surface area contributed by atoms with Gasteiger partial charge in [0.1, 0.15) is 11.6 Å². The van der Waals surface area contributed by atoms with E-state index in [1.165, 1.54) is 48.5 Å². The van der Waals surface area contributed by atoms with Gasteiger partial charge in [0.05, 0.1) is 4.90 Å². The van der Waals surface area contributed by atoms with Crippen molar-refractivity contribution in [1.82, 2.24) is 4.98 Å². The second-order valence-electron chi connectivity index (χ2n) is 5.22. The predicted octanol–water partition coefficient (Wildman–Crippen LogP) is 4.12. The minimum absolute atomic E-state index is 0.00988. The fourth-order valence-corrected chi connectivity index (χ4v) is 3.20. The summed E-state index contributed by atoms with van der Waals surface area (Å²) in [6.45, 7) is 0. The minimum atomic E-state index is -4.01. The molecule has 0 aliphatic rings. The lowest BCUT2D eigenvalue weighted by atomic mass is 10.2. The molecule has 1 N–H and O–H groups in total. The molecule has 0 atom stereocenters. The number of hydrogen-bond acceptors (Lipinski definition) is 3. The minimum Gasteiger partial charge on any atom is -0.324 e. The Morgan fingerprint density at radius 3 is 2.31 bits per heavy atom. The quantitative estimate of drug-likeness (QED) is 0.538. The van der Waals surface area contributed by atoms with E-state index in [0.717, 1.165) is 0 Å². The van der Waals surface area contributed by atoms with Gasteiger partial charge in [-0.25, -0.2) is 9.37 Å². The molecule has 0 saturated heterocycles. The molecule has 0 bridgehead atoms. The average molecular weight is 390 g/mol. The zero-order valence-electron chi connectivity index (χ0n) is 13.3. The van der Waals surface area contributed by atoms with Gasteiger partial charge in [-0.15, -0.1) is 4.40 Å². The van der Waals surface area contributed by atoms with Gasteiger partial charge in [-0.2, -0.15) is 8.42 Å². The molecule has 0 fully saturated rings. The summed E-state index contributed by atoms with van der Waals surface area (Å²) in [7, 11) is -4.01. The lowest BCUT2D eigenvalue weighted by Gasteiger charge is -2.10. The second kappa shape index (κ2) is 7.63. The number of anilines is 1. The van der Waals surface area contributed by atoms with Crippen LogP contribution < -0.4 is 5.32 Å².